The maximum absolute atomic E-state index is 12.8. The Hall–Kier alpha value is -1.85. The minimum Gasteiger partial charge on any atom is -0.493 e. The zero-order chi connectivity index (χ0) is 19.5. The molecule has 6 atom stereocenters. The van der Waals surface area contributed by atoms with Gasteiger partial charge in [0.25, 0.3) is 0 Å². The third-order valence-corrected chi connectivity index (χ3v) is 8.77. The van der Waals surface area contributed by atoms with E-state index in [1.165, 1.54) is 11.1 Å². The highest BCUT2D eigenvalue weighted by Gasteiger charge is 2.79. The van der Waals surface area contributed by atoms with Gasteiger partial charge >= 0.3 is 0 Å². The van der Waals surface area contributed by atoms with E-state index in [1.807, 2.05) is 6.07 Å². The summed E-state index contributed by atoms with van der Waals surface area (Å²) in [6, 6.07) is 4.62. The van der Waals surface area contributed by atoms with E-state index in [0.29, 0.717) is 6.04 Å². The molecule has 5 heteroatoms. The number of hydrogen-bond donors (Lipinski definition) is 0. The first kappa shape index (κ1) is 17.0. The fourth-order valence-corrected chi connectivity index (χ4v) is 7.67. The lowest BCUT2D eigenvalue weighted by atomic mass is 9.37. The number of ether oxygens (including phenoxy) is 3. The predicted octanol–water partition coefficient (Wildman–Crippen LogP) is 2.50. The van der Waals surface area contributed by atoms with Crippen LogP contribution in [0.3, 0.4) is 0 Å². The Bertz CT molecular complexity index is 941. The van der Waals surface area contributed by atoms with Crippen molar-refractivity contribution in [3.8, 4) is 11.5 Å². The SMILES string of the molecule is COc1ccc2c3c1O[C@@H]1[C@]4(OC)C=C[C@]5(CC4C(C)=O)[C@@H](C2)N(C)CC[C@]315. The molecule has 28 heavy (non-hydrogen) atoms. The number of nitrogens with zero attached hydrogens (tertiary/aromatic N) is 1. The minimum atomic E-state index is -0.716. The number of likely N-dealkylation sites (tertiary alicyclic amines) is 1. The number of carbonyl (C=O) groups is 1. The smallest absolute Gasteiger partial charge is 0.166 e. The topological polar surface area (TPSA) is 48.0 Å². The van der Waals surface area contributed by atoms with Crippen LogP contribution in [0.4, 0.5) is 0 Å². The van der Waals surface area contributed by atoms with Gasteiger partial charge in [-0.15, -0.1) is 0 Å². The van der Waals surface area contributed by atoms with Crippen molar-refractivity contribution >= 4 is 5.78 Å². The summed E-state index contributed by atoms with van der Waals surface area (Å²) in [6.45, 7) is 2.74. The fourth-order valence-electron chi connectivity index (χ4n) is 7.67. The van der Waals surface area contributed by atoms with Crippen molar-refractivity contribution in [2.75, 3.05) is 27.8 Å². The molecule has 0 N–H and O–H groups in total. The summed E-state index contributed by atoms with van der Waals surface area (Å²) in [5.41, 5.74) is 1.72. The molecule has 1 saturated heterocycles. The lowest BCUT2D eigenvalue weighted by Gasteiger charge is -2.70. The average Bonchev–Trinajstić information content (AvgIpc) is 3.07. The molecule has 7 rings (SSSR count). The van der Waals surface area contributed by atoms with E-state index >= 15 is 0 Å². The molecule has 1 unspecified atom stereocenters. The Kier molecular flexibility index (Phi) is 3.05. The first-order valence-electron chi connectivity index (χ1n) is 10.3. The van der Waals surface area contributed by atoms with Crippen LogP contribution < -0.4 is 9.47 Å². The third-order valence-electron chi connectivity index (χ3n) is 8.77. The monoisotopic (exact) mass is 381 g/mol. The van der Waals surface area contributed by atoms with Crippen LogP contribution in [0.25, 0.3) is 0 Å². The van der Waals surface area contributed by atoms with E-state index < -0.39 is 5.60 Å². The highest BCUT2D eigenvalue weighted by Crippen LogP contribution is 2.74. The Morgan fingerprint density at radius 1 is 1.29 bits per heavy atom. The van der Waals surface area contributed by atoms with Gasteiger partial charge < -0.3 is 19.1 Å². The first-order valence-corrected chi connectivity index (χ1v) is 10.3. The molecule has 1 aromatic carbocycles. The maximum atomic E-state index is 12.8. The molecule has 2 fully saturated rings. The number of hydrogen-bond acceptors (Lipinski definition) is 5. The zero-order valence-corrected chi connectivity index (χ0v) is 17.0. The summed E-state index contributed by atoms with van der Waals surface area (Å²) in [5.74, 6) is 1.68. The number of benzene rings is 1. The second-order valence-corrected chi connectivity index (χ2v) is 9.35. The van der Waals surface area contributed by atoms with Crippen molar-refractivity contribution in [1.82, 2.24) is 4.90 Å². The van der Waals surface area contributed by atoms with Crippen molar-refractivity contribution in [2.45, 2.75) is 49.3 Å². The van der Waals surface area contributed by atoms with Gasteiger partial charge in [-0.25, -0.2) is 0 Å². The van der Waals surface area contributed by atoms with E-state index in [4.69, 9.17) is 14.2 Å². The highest BCUT2D eigenvalue weighted by atomic mass is 16.6. The van der Waals surface area contributed by atoms with Crippen LogP contribution in [0.15, 0.2) is 24.3 Å². The van der Waals surface area contributed by atoms with Crippen LogP contribution in [0.5, 0.6) is 11.5 Å². The van der Waals surface area contributed by atoms with Gasteiger partial charge in [-0.2, -0.15) is 0 Å². The number of piperidine rings is 1. The summed E-state index contributed by atoms with van der Waals surface area (Å²) in [4.78, 5) is 15.3. The Labute approximate surface area is 165 Å². The largest absolute Gasteiger partial charge is 0.493 e. The summed E-state index contributed by atoms with van der Waals surface area (Å²) < 4.78 is 18.7. The molecule has 6 aliphatic rings. The van der Waals surface area contributed by atoms with Crippen LogP contribution in [-0.4, -0.2) is 56.2 Å². The molecule has 0 aromatic heterocycles. The van der Waals surface area contributed by atoms with Crippen LogP contribution >= 0.6 is 0 Å². The third kappa shape index (κ3) is 1.49. The number of fused-ring (bicyclic) bond motifs is 1. The predicted molar refractivity (Wildman–Crippen MR) is 104 cm³/mol. The first-order chi connectivity index (χ1) is 13.4. The molecule has 4 bridgehead atoms. The van der Waals surface area contributed by atoms with Crippen molar-refractivity contribution in [2.24, 2.45) is 11.3 Å². The Balaban J connectivity index is 1.72. The van der Waals surface area contributed by atoms with Gasteiger partial charge in [-0.05, 0) is 51.4 Å². The van der Waals surface area contributed by atoms with Gasteiger partial charge in [0.2, 0.25) is 0 Å². The van der Waals surface area contributed by atoms with E-state index in [-0.39, 0.29) is 28.6 Å². The molecule has 1 saturated carbocycles. The van der Waals surface area contributed by atoms with Gasteiger partial charge in [-0.1, -0.05) is 18.2 Å². The fraction of sp³-hybridized carbons (Fsp3) is 0.609. The number of likely N-dealkylation sites (N-methyl/N-ethyl adjacent to an activating group) is 1. The van der Waals surface area contributed by atoms with Crippen molar-refractivity contribution in [3.05, 3.63) is 35.4 Å². The molecule has 0 amide bonds. The second-order valence-electron chi connectivity index (χ2n) is 9.35. The molecule has 0 radical (unpaired) electrons. The van der Waals surface area contributed by atoms with E-state index in [0.717, 1.165) is 37.3 Å². The number of ketones is 1. The Morgan fingerprint density at radius 3 is 2.82 bits per heavy atom. The van der Waals surface area contributed by atoms with Gasteiger partial charge in [0.15, 0.2) is 11.5 Å². The normalized spacial score (nSPS) is 44.2. The van der Waals surface area contributed by atoms with E-state index in [1.54, 1.807) is 21.1 Å². The second kappa shape index (κ2) is 5.00. The van der Waals surface area contributed by atoms with E-state index in [2.05, 4.69) is 30.2 Å². The molecule has 2 spiro atoms. The lowest BCUT2D eigenvalue weighted by Crippen LogP contribution is -2.79. The van der Waals surface area contributed by atoms with Gasteiger partial charge in [-0.3, -0.25) is 4.79 Å². The summed E-state index contributed by atoms with van der Waals surface area (Å²) >= 11 is 0. The molecular formula is C23H27NO4. The number of Topliss-reactive ketones (excluding diaryl/α,β-unsaturated/α-hetero) is 1. The molecular weight excluding hydrogens is 354 g/mol. The molecule has 5 nitrogen and oxygen atoms in total. The molecule has 148 valence electrons. The van der Waals surface area contributed by atoms with Crippen molar-refractivity contribution in [3.63, 3.8) is 0 Å². The summed E-state index contributed by atoms with van der Waals surface area (Å²) in [6.07, 6.45) is 7.19. The standard InChI is InChI=1S/C23H27NO4/c1-13(25)15-12-21-7-8-23(15,27-4)20-22(21)9-10-24(2)17(21)11-14-5-6-16(26-3)19(28-20)18(14)22/h5-8,15,17,20H,9-12H2,1-4H3/t15?,17-,20+,21+,22+,23+/m1/s1. The van der Waals surface area contributed by atoms with Crippen molar-refractivity contribution in [1.29, 1.82) is 0 Å². The number of rotatable bonds is 3. The quantitative estimate of drug-likeness (QED) is 0.753. The molecule has 2 heterocycles. The molecule has 1 aromatic rings. The average molecular weight is 381 g/mol. The lowest BCUT2D eigenvalue weighted by molar-refractivity contribution is -0.212. The van der Waals surface area contributed by atoms with Crippen LogP contribution in [0.2, 0.25) is 0 Å². The maximum Gasteiger partial charge on any atom is 0.166 e. The van der Waals surface area contributed by atoms with Gasteiger partial charge in [0.05, 0.1) is 18.4 Å². The zero-order valence-electron chi connectivity index (χ0n) is 17.0. The number of methoxy groups -OCH3 is 2. The van der Waals surface area contributed by atoms with Crippen molar-refractivity contribution < 1.29 is 19.0 Å². The molecule has 4 aliphatic carbocycles. The summed E-state index contributed by atoms with van der Waals surface area (Å²) in [5, 5.41) is 0. The number of carbonyl (C=O) groups excluding carboxylic acids is 1. The Morgan fingerprint density at radius 2 is 2.11 bits per heavy atom. The highest BCUT2D eigenvalue weighted by molar-refractivity contribution is 5.82. The van der Waals surface area contributed by atoms with Crippen LogP contribution in [-0.2, 0) is 21.4 Å². The van der Waals surface area contributed by atoms with Crippen LogP contribution in [0, 0.1) is 11.3 Å². The summed E-state index contributed by atoms with van der Waals surface area (Å²) in [7, 11) is 5.67. The minimum absolute atomic E-state index is 0.105. The van der Waals surface area contributed by atoms with Crippen LogP contribution in [0.1, 0.15) is 30.9 Å². The van der Waals surface area contributed by atoms with Gasteiger partial charge in [0.1, 0.15) is 17.5 Å². The molecule has 2 aliphatic heterocycles. The van der Waals surface area contributed by atoms with Gasteiger partial charge in [0, 0.05) is 24.1 Å². The van der Waals surface area contributed by atoms with E-state index in [9.17, 15) is 4.79 Å².